The molecular weight excluding hydrogens is 396 g/mol. The van der Waals surface area contributed by atoms with Crippen molar-refractivity contribution in [2.24, 2.45) is 0 Å². The molecule has 0 aromatic heterocycles. The zero-order valence-electron chi connectivity index (χ0n) is 15.9. The normalized spacial score (nSPS) is 13.8. The summed E-state index contributed by atoms with van der Waals surface area (Å²) in [5.41, 5.74) is 0.900. The van der Waals surface area contributed by atoms with E-state index < -0.39 is 24.4 Å². The van der Waals surface area contributed by atoms with E-state index in [2.05, 4.69) is 5.32 Å². The summed E-state index contributed by atoms with van der Waals surface area (Å²) in [7, 11) is 0. The number of esters is 1. The van der Waals surface area contributed by atoms with Crippen LogP contribution in [0.4, 0.5) is 5.69 Å². The van der Waals surface area contributed by atoms with Crippen molar-refractivity contribution in [2.75, 3.05) is 11.9 Å². The fourth-order valence-electron chi connectivity index (χ4n) is 2.93. The minimum absolute atomic E-state index is 0.0847. The molecule has 0 saturated carbocycles. The number of amides is 3. The highest BCUT2D eigenvalue weighted by molar-refractivity contribution is 6.33. The number of nitrogens with one attached hydrogen (secondary N) is 1. The van der Waals surface area contributed by atoms with Crippen molar-refractivity contribution in [2.45, 2.75) is 26.3 Å². The summed E-state index contributed by atoms with van der Waals surface area (Å²) < 4.78 is 5.02. The van der Waals surface area contributed by atoms with E-state index in [1.807, 2.05) is 6.92 Å². The minimum atomic E-state index is -0.774. The molecule has 1 N–H and O–H groups in total. The predicted molar refractivity (Wildman–Crippen MR) is 107 cm³/mol. The average molecular weight is 415 g/mol. The van der Waals surface area contributed by atoms with Crippen LogP contribution >= 0.6 is 11.6 Å². The summed E-state index contributed by atoms with van der Waals surface area (Å²) >= 11 is 5.97. The number of anilines is 1. The van der Waals surface area contributed by atoms with Crippen LogP contribution in [0.2, 0.25) is 5.02 Å². The lowest BCUT2D eigenvalue weighted by molar-refractivity contribution is -0.119. The van der Waals surface area contributed by atoms with Crippen molar-refractivity contribution in [1.29, 1.82) is 0 Å². The maximum atomic E-state index is 12.6. The number of ether oxygens (including phenoxy) is 1. The Hall–Kier alpha value is -3.19. The van der Waals surface area contributed by atoms with Crippen molar-refractivity contribution in [1.82, 2.24) is 4.90 Å². The van der Waals surface area contributed by atoms with Crippen LogP contribution in [0.3, 0.4) is 0 Å². The predicted octanol–water partition coefficient (Wildman–Crippen LogP) is 3.53. The first-order valence-electron chi connectivity index (χ1n) is 9.07. The van der Waals surface area contributed by atoms with Crippen molar-refractivity contribution in [3.8, 4) is 0 Å². The fraction of sp³-hybridized carbons (Fsp3) is 0.238. The van der Waals surface area contributed by atoms with E-state index in [1.165, 1.54) is 23.1 Å². The third kappa shape index (κ3) is 4.14. The van der Waals surface area contributed by atoms with Gasteiger partial charge in [-0.05, 0) is 43.7 Å². The molecule has 1 atom stereocenters. The van der Waals surface area contributed by atoms with Crippen molar-refractivity contribution in [3.63, 3.8) is 0 Å². The van der Waals surface area contributed by atoms with Crippen LogP contribution < -0.4 is 5.32 Å². The van der Waals surface area contributed by atoms with Crippen molar-refractivity contribution >= 4 is 41.0 Å². The number of fused-ring (bicyclic) bond motifs is 1. The Morgan fingerprint density at radius 2 is 1.79 bits per heavy atom. The fourth-order valence-corrected chi connectivity index (χ4v) is 3.12. The van der Waals surface area contributed by atoms with Gasteiger partial charge in [-0.15, -0.1) is 0 Å². The van der Waals surface area contributed by atoms with Gasteiger partial charge in [0.25, 0.3) is 17.7 Å². The van der Waals surface area contributed by atoms with E-state index in [0.29, 0.717) is 17.1 Å². The molecule has 2 aromatic rings. The molecule has 2 aromatic carbocycles. The number of benzene rings is 2. The zero-order chi connectivity index (χ0) is 21.1. The molecule has 0 radical (unpaired) electrons. The molecule has 0 aliphatic carbocycles. The summed E-state index contributed by atoms with van der Waals surface area (Å²) in [5.74, 6) is -2.14. The van der Waals surface area contributed by atoms with Crippen LogP contribution in [0.5, 0.6) is 0 Å². The summed E-state index contributed by atoms with van der Waals surface area (Å²) in [5, 5.41) is 2.90. The Morgan fingerprint density at radius 3 is 2.48 bits per heavy atom. The highest BCUT2D eigenvalue weighted by Gasteiger charge is 2.38. The molecule has 1 heterocycles. The number of imide groups is 1. The number of rotatable bonds is 6. The first-order valence-corrected chi connectivity index (χ1v) is 9.44. The van der Waals surface area contributed by atoms with Crippen LogP contribution in [-0.4, -0.2) is 41.2 Å². The Morgan fingerprint density at radius 1 is 1.10 bits per heavy atom. The lowest BCUT2D eigenvalue weighted by atomic mass is 10.1. The summed E-state index contributed by atoms with van der Waals surface area (Å²) in [6.07, 6.45) is 0.626. The Kier molecular flexibility index (Phi) is 5.98. The van der Waals surface area contributed by atoms with Crippen LogP contribution in [0.15, 0.2) is 42.5 Å². The van der Waals surface area contributed by atoms with Crippen LogP contribution in [0.25, 0.3) is 0 Å². The number of nitrogens with zero attached hydrogens (tertiary/aromatic N) is 1. The second-order valence-electron chi connectivity index (χ2n) is 6.60. The smallest absolute Gasteiger partial charge is 0.338 e. The van der Waals surface area contributed by atoms with Gasteiger partial charge in [-0.3, -0.25) is 19.3 Å². The van der Waals surface area contributed by atoms with Gasteiger partial charge in [0.05, 0.1) is 27.4 Å². The lowest BCUT2D eigenvalue weighted by Crippen LogP contribution is -2.37. The van der Waals surface area contributed by atoms with E-state index >= 15 is 0 Å². The van der Waals surface area contributed by atoms with Crippen molar-refractivity contribution in [3.05, 3.63) is 64.2 Å². The van der Waals surface area contributed by atoms with Gasteiger partial charge in [-0.1, -0.05) is 30.7 Å². The quantitative estimate of drug-likeness (QED) is 0.576. The Bertz CT molecular complexity index is 1000. The second-order valence-corrected chi connectivity index (χ2v) is 7.01. The molecule has 8 heteroatoms. The standard InChI is InChI=1S/C21H19ClN2O5/c1-3-12(2)24-19(26)14-9-8-13(10-15(14)20(24)27)21(28)29-11-18(25)23-17-7-5-4-6-16(17)22/h4-10,12H,3,11H2,1-2H3,(H,23,25). The minimum Gasteiger partial charge on any atom is -0.452 e. The van der Waals surface area contributed by atoms with Gasteiger partial charge in [0.2, 0.25) is 0 Å². The Balaban J connectivity index is 1.67. The van der Waals surface area contributed by atoms with E-state index in [4.69, 9.17) is 16.3 Å². The first-order chi connectivity index (χ1) is 13.8. The molecule has 0 spiro atoms. The molecule has 3 amide bonds. The molecule has 150 valence electrons. The molecule has 7 nitrogen and oxygen atoms in total. The zero-order valence-corrected chi connectivity index (χ0v) is 16.7. The molecule has 29 heavy (non-hydrogen) atoms. The van der Waals surface area contributed by atoms with Crippen molar-refractivity contribution < 1.29 is 23.9 Å². The molecule has 1 aliphatic rings. The largest absolute Gasteiger partial charge is 0.452 e. The monoisotopic (exact) mass is 414 g/mol. The van der Waals surface area contributed by atoms with Crippen LogP contribution in [0.1, 0.15) is 51.3 Å². The maximum Gasteiger partial charge on any atom is 0.338 e. The summed E-state index contributed by atoms with van der Waals surface area (Å²) in [4.78, 5) is 50.5. The van der Waals surface area contributed by atoms with Gasteiger partial charge in [0, 0.05) is 6.04 Å². The number of halogens is 1. The number of para-hydroxylation sites is 1. The molecule has 0 fully saturated rings. The molecule has 1 aliphatic heterocycles. The number of hydrogen-bond donors (Lipinski definition) is 1. The number of carbonyl (C=O) groups is 4. The number of hydrogen-bond acceptors (Lipinski definition) is 5. The number of carbonyl (C=O) groups excluding carboxylic acids is 4. The van der Waals surface area contributed by atoms with E-state index in [0.717, 1.165) is 0 Å². The first kappa shape index (κ1) is 20.5. The second kappa shape index (κ2) is 8.45. The molecule has 0 bridgehead atoms. The third-order valence-electron chi connectivity index (χ3n) is 4.67. The van der Waals surface area contributed by atoms with Gasteiger partial charge in [0.1, 0.15) is 0 Å². The van der Waals surface area contributed by atoms with Gasteiger partial charge >= 0.3 is 5.97 Å². The average Bonchev–Trinajstić information content (AvgIpc) is 2.97. The van der Waals surface area contributed by atoms with Gasteiger partial charge in [-0.2, -0.15) is 0 Å². The highest BCUT2D eigenvalue weighted by atomic mass is 35.5. The molecular formula is C21H19ClN2O5. The third-order valence-corrected chi connectivity index (χ3v) is 5.00. The van der Waals surface area contributed by atoms with Gasteiger partial charge < -0.3 is 10.1 Å². The summed E-state index contributed by atoms with van der Waals surface area (Å²) in [6.45, 7) is 3.14. The highest BCUT2D eigenvalue weighted by Crippen LogP contribution is 2.27. The SMILES string of the molecule is CCC(C)N1C(=O)c2ccc(C(=O)OCC(=O)Nc3ccccc3Cl)cc2C1=O. The molecule has 0 saturated heterocycles. The van der Waals surface area contributed by atoms with E-state index in [1.54, 1.807) is 31.2 Å². The van der Waals surface area contributed by atoms with Gasteiger partial charge in [-0.25, -0.2) is 4.79 Å². The van der Waals surface area contributed by atoms with Crippen LogP contribution in [0, 0.1) is 0 Å². The van der Waals surface area contributed by atoms with Crippen LogP contribution in [-0.2, 0) is 9.53 Å². The van der Waals surface area contributed by atoms with E-state index in [9.17, 15) is 19.2 Å². The Labute approximate surface area is 172 Å². The molecule has 3 rings (SSSR count). The topological polar surface area (TPSA) is 92.8 Å². The van der Waals surface area contributed by atoms with Gasteiger partial charge in [0.15, 0.2) is 6.61 Å². The summed E-state index contributed by atoms with van der Waals surface area (Å²) in [6, 6.07) is 10.6. The lowest BCUT2D eigenvalue weighted by Gasteiger charge is -2.20. The molecule has 1 unspecified atom stereocenters. The van der Waals surface area contributed by atoms with E-state index in [-0.39, 0.29) is 28.6 Å². The maximum absolute atomic E-state index is 12.6.